The lowest BCUT2D eigenvalue weighted by molar-refractivity contribution is -0.134. The van der Waals surface area contributed by atoms with E-state index >= 15 is 0 Å². The Labute approximate surface area is 164 Å². The Hall–Kier alpha value is -3.41. The largest absolute Gasteiger partial charge is 0.493 e. The summed E-state index contributed by atoms with van der Waals surface area (Å²) in [6.45, 7) is 0. The summed E-state index contributed by atoms with van der Waals surface area (Å²) in [5.74, 6) is 2.02. The van der Waals surface area contributed by atoms with Crippen molar-refractivity contribution in [1.29, 1.82) is 0 Å². The van der Waals surface area contributed by atoms with E-state index in [2.05, 4.69) is 4.74 Å². The number of hydrogen-bond acceptors (Lipinski definition) is 6. The summed E-state index contributed by atoms with van der Waals surface area (Å²) < 4.78 is 26.1. The zero-order valence-electron chi connectivity index (χ0n) is 16.6. The van der Waals surface area contributed by atoms with Gasteiger partial charge in [-0.3, -0.25) is 0 Å². The van der Waals surface area contributed by atoms with E-state index in [-0.39, 0.29) is 0 Å². The molecule has 0 spiro atoms. The van der Waals surface area contributed by atoms with Crippen LogP contribution >= 0.6 is 0 Å². The van der Waals surface area contributed by atoms with Crippen LogP contribution in [0.4, 0.5) is 0 Å². The normalized spacial score (nSPS) is 10.3. The Bertz CT molecular complexity index is 825. The van der Waals surface area contributed by atoms with E-state index < -0.39 is 5.97 Å². The van der Waals surface area contributed by atoms with E-state index in [0.717, 1.165) is 16.7 Å². The van der Waals surface area contributed by atoms with Gasteiger partial charge in [0.15, 0.2) is 23.0 Å². The molecule has 0 aliphatic rings. The molecular formula is C22H24O6. The molecule has 2 rings (SSSR count). The molecule has 0 radical (unpaired) electrons. The molecule has 0 bridgehead atoms. The Morgan fingerprint density at radius 2 is 1.18 bits per heavy atom. The van der Waals surface area contributed by atoms with E-state index in [1.807, 2.05) is 42.5 Å². The topological polar surface area (TPSA) is 63.2 Å². The second kappa shape index (κ2) is 10.1. The molecule has 2 aromatic carbocycles. The molecule has 0 N–H and O–H groups in total. The van der Waals surface area contributed by atoms with Gasteiger partial charge < -0.3 is 23.7 Å². The van der Waals surface area contributed by atoms with Crippen molar-refractivity contribution >= 4 is 11.5 Å². The fourth-order valence-corrected chi connectivity index (χ4v) is 2.66. The first kappa shape index (κ1) is 20.9. The van der Waals surface area contributed by atoms with E-state index in [1.54, 1.807) is 34.5 Å². The molecule has 28 heavy (non-hydrogen) atoms. The van der Waals surface area contributed by atoms with Crippen molar-refractivity contribution in [2.75, 3.05) is 35.5 Å². The van der Waals surface area contributed by atoms with E-state index in [0.29, 0.717) is 23.0 Å². The van der Waals surface area contributed by atoms with Crippen LogP contribution < -0.4 is 18.9 Å². The molecule has 0 saturated carbocycles. The molecule has 0 aromatic heterocycles. The standard InChI is InChI=1S/C22H24O6/c1-24-18-11-9-15(13-20(18)26-3)17(7-6-8-22(23)28-5)16-10-12-19(25-2)21(14-16)27-4/h6-14H,1-5H3/b8-6+. The smallest absolute Gasteiger partial charge is 0.330 e. The first-order chi connectivity index (χ1) is 13.6. The molecule has 0 aliphatic heterocycles. The summed E-state index contributed by atoms with van der Waals surface area (Å²) >= 11 is 0. The van der Waals surface area contributed by atoms with Gasteiger partial charge in [0.25, 0.3) is 0 Å². The van der Waals surface area contributed by atoms with Gasteiger partial charge in [-0.05, 0) is 41.0 Å². The van der Waals surface area contributed by atoms with Crippen LogP contribution in [0.5, 0.6) is 23.0 Å². The highest BCUT2D eigenvalue weighted by molar-refractivity contribution is 5.85. The number of esters is 1. The maximum absolute atomic E-state index is 11.4. The van der Waals surface area contributed by atoms with Crippen molar-refractivity contribution < 1.29 is 28.5 Å². The summed E-state index contributed by atoms with van der Waals surface area (Å²) in [5, 5.41) is 0. The number of benzene rings is 2. The number of ether oxygens (including phenoxy) is 5. The average Bonchev–Trinajstić information content (AvgIpc) is 2.75. The first-order valence-corrected chi connectivity index (χ1v) is 8.49. The Kier molecular flexibility index (Phi) is 7.51. The molecule has 0 heterocycles. The van der Waals surface area contributed by atoms with Crippen LogP contribution in [0.1, 0.15) is 11.1 Å². The van der Waals surface area contributed by atoms with Crippen LogP contribution in [-0.2, 0) is 9.53 Å². The SMILES string of the molecule is COC(=O)/C=C/C=C(c1ccc(OC)c(OC)c1)c1ccc(OC)c(OC)c1. The van der Waals surface area contributed by atoms with Gasteiger partial charge in [0.05, 0.1) is 35.5 Å². The molecule has 0 atom stereocenters. The molecule has 0 amide bonds. The highest BCUT2D eigenvalue weighted by Crippen LogP contribution is 2.36. The lowest BCUT2D eigenvalue weighted by Gasteiger charge is -2.14. The minimum absolute atomic E-state index is 0.435. The zero-order chi connectivity index (χ0) is 20.5. The zero-order valence-corrected chi connectivity index (χ0v) is 16.6. The summed E-state index contributed by atoms with van der Waals surface area (Å²) in [5.41, 5.74) is 2.60. The number of rotatable bonds is 8. The predicted octanol–water partition coefficient (Wildman–Crippen LogP) is 3.88. The van der Waals surface area contributed by atoms with Crippen molar-refractivity contribution in [3.05, 3.63) is 65.8 Å². The Balaban J connectivity index is 2.59. The molecule has 0 aliphatic carbocycles. The summed E-state index contributed by atoms with van der Waals surface area (Å²) in [4.78, 5) is 11.4. The van der Waals surface area contributed by atoms with Gasteiger partial charge in [-0.1, -0.05) is 24.3 Å². The predicted molar refractivity (Wildman–Crippen MR) is 107 cm³/mol. The minimum atomic E-state index is -0.435. The maximum atomic E-state index is 11.4. The van der Waals surface area contributed by atoms with Gasteiger partial charge in [0.2, 0.25) is 0 Å². The number of methoxy groups -OCH3 is 5. The van der Waals surface area contributed by atoms with Crippen LogP contribution in [0.25, 0.3) is 5.57 Å². The Morgan fingerprint density at radius 1 is 0.714 bits per heavy atom. The third kappa shape index (κ3) is 4.85. The lowest BCUT2D eigenvalue weighted by Crippen LogP contribution is -1.96. The number of carbonyl (C=O) groups excluding carboxylic acids is 1. The van der Waals surface area contributed by atoms with Gasteiger partial charge in [0, 0.05) is 6.08 Å². The van der Waals surface area contributed by atoms with E-state index in [9.17, 15) is 4.79 Å². The number of allylic oxidation sites excluding steroid dienone is 2. The van der Waals surface area contributed by atoms with Crippen molar-refractivity contribution in [3.63, 3.8) is 0 Å². The lowest BCUT2D eigenvalue weighted by atomic mass is 9.96. The van der Waals surface area contributed by atoms with Crippen molar-refractivity contribution in [2.45, 2.75) is 0 Å². The van der Waals surface area contributed by atoms with Crippen LogP contribution in [0.2, 0.25) is 0 Å². The summed E-state index contributed by atoms with van der Waals surface area (Å²) in [6.07, 6.45) is 4.80. The van der Waals surface area contributed by atoms with Crippen LogP contribution in [0.15, 0.2) is 54.6 Å². The van der Waals surface area contributed by atoms with Gasteiger partial charge in [0.1, 0.15) is 0 Å². The number of carbonyl (C=O) groups is 1. The van der Waals surface area contributed by atoms with Gasteiger partial charge in [-0.25, -0.2) is 4.79 Å². The summed E-state index contributed by atoms with van der Waals surface area (Å²) in [6, 6.07) is 11.2. The molecular weight excluding hydrogens is 360 g/mol. The average molecular weight is 384 g/mol. The van der Waals surface area contributed by atoms with Crippen LogP contribution in [-0.4, -0.2) is 41.5 Å². The van der Waals surface area contributed by atoms with E-state index in [4.69, 9.17) is 18.9 Å². The maximum Gasteiger partial charge on any atom is 0.330 e. The molecule has 6 heteroatoms. The molecule has 2 aromatic rings. The van der Waals surface area contributed by atoms with Crippen LogP contribution in [0, 0.1) is 0 Å². The monoisotopic (exact) mass is 384 g/mol. The number of hydrogen-bond donors (Lipinski definition) is 0. The van der Waals surface area contributed by atoms with Gasteiger partial charge in [-0.15, -0.1) is 0 Å². The third-order valence-electron chi connectivity index (χ3n) is 4.09. The highest BCUT2D eigenvalue weighted by atomic mass is 16.5. The van der Waals surface area contributed by atoms with Crippen LogP contribution in [0.3, 0.4) is 0 Å². The fourth-order valence-electron chi connectivity index (χ4n) is 2.66. The molecule has 6 nitrogen and oxygen atoms in total. The van der Waals surface area contributed by atoms with Crippen molar-refractivity contribution in [3.8, 4) is 23.0 Å². The highest BCUT2D eigenvalue weighted by Gasteiger charge is 2.12. The quantitative estimate of drug-likeness (QED) is 0.391. The van der Waals surface area contributed by atoms with Crippen molar-refractivity contribution in [1.82, 2.24) is 0 Å². The van der Waals surface area contributed by atoms with Crippen molar-refractivity contribution in [2.24, 2.45) is 0 Å². The second-order valence-electron chi connectivity index (χ2n) is 5.60. The molecule has 0 unspecified atom stereocenters. The van der Waals surface area contributed by atoms with Gasteiger partial charge in [-0.2, -0.15) is 0 Å². The van der Waals surface area contributed by atoms with Gasteiger partial charge >= 0.3 is 5.97 Å². The minimum Gasteiger partial charge on any atom is -0.493 e. The van der Waals surface area contributed by atoms with E-state index in [1.165, 1.54) is 13.2 Å². The molecule has 0 fully saturated rings. The summed E-state index contributed by atoms with van der Waals surface area (Å²) in [7, 11) is 7.67. The fraction of sp³-hybridized carbons (Fsp3) is 0.227. The Morgan fingerprint density at radius 3 is 1.57 bits per heavy atom. The third-order valence-corrected chi connectivity index (χ3v) is 4.09. The molecule has 148 valence electrons. The molecule has 0 saturated heterocycles. The second-order valence-corrected chi connectivity index (χ2v) is 5.60. The first-order valence-electron chi connectivity index (χ1n) is 8.49.